The molecule has 94 valence electrons. The number of nitrogens with one attached hydrogen (secondary N) is 1. The number of carbonyl (C=O) groups is 2. The highest BCUT2D eigenvalue weighted by Crippen LogP contribution is 1.98. The van der Waals surface area contributed by atoms with Crippen LogP contribution in [-0.2, 0) is 4.79 Å². The van der Waals surface area contributed by atoms with E-state index in [9.17, 15) is 9.59 Å². The van der Waals surface area contributed by atoms with Crippen LogP contribution in [0.2, 0.25) is 0 Å². The van der Waals surface area contributed by atoms with Crippen LogP contribution >= 0.6 is 0 Å². The van der Waals surface area contributed by atoms with Crippen molar-refractivity contribution >= 4 is 11.8 Å². The number of aliphatic hydroxyl groups is 1. The highest BCUT2D eigenvalue weighted by atomic mass is 16.3. The van der Waals surface area contributed by atoms with E-state index >= 15 is 0 Å². The maximum Gasteiger partial charge on any atom is 0.287 e. The molecule has 0 bridgehead atoms. The van der Waals surface area contributed by atoms with E-state index in [4.69, 9.17) is 9.52 Å². The van der Waals surface area contributed by atoms with Crippen LogP contribution in [0, 0.1) is 0 Å². The smallest absolute Gasteiger partial charge is 0.287 e. The summed E-state index contributed by atoms with van der Waals surface area (Å²) in [6.07, 6.45) is 0.792. The molecule has 0 saturated heterocycles. The Balaban J connectivity index is 2.35. The summed E-state index contributed by atoms with van der Waals surface area (Å²) >= 11 is 0. The van der Waals surface area contributed by atoms with E-state index in [0.717, 1.165) is 0 Å². The Labute approximate surface area is 99.2 Å². The molecule has 0 aromatic carbocycles. The standard InChI is InChI=1S/C11H16N2O4/c1-8(14)7-13(2)10(15)6-12-11(16)9-4-3-5-17-9/h3-5,8,14H,6-7H2,1-2H3,(H,12,16). The molecule has 2 N–H and O–H groups in total. The van der Waals surface area contributed by atoms with Crippen LogP contribution in [0.15, 0.2) is 22.8 Å². The van der Waals surface area contributed by atoms with Crippen molar-refractivity contribution in [1.29, 1.82) is 0 Å². The highest BCUT2D eigenvalue weighted by Gasteiger charge is 2.14. The average molecular weight is 240 g/mol. The number of carbonyl (C=O) groups excluding carboxylic acids is 2. The fourth-order valence-corrected chi connectivity index (χ4v) is 1.28. The molecule has 1 heterocycles. The molecule has 0 saturated carbocycles. The van der Waals surface area contributed by atoms with Crippen molar-refractivity contribution in [3.8, 4) is 0 Å². The Kier molecular flexibility index (Phi) is 4.71. The summed E-state index contributed by atoms with van der Waals surface area (Å²) in [6.45, 7) is 1.70. The number of hydrogen-bond acceptors (Lipinski definition) is 4. The Hall–Kier alpha value is -1.82. The molecule has 17 heavy (non-hydrogen) atoms. The Bertz CT molecular complexity index is 373. The monoisotopic (exact) mass is 240 g/mol. The molecular formula is C11H16N2O4. The maximum atomic E-state index is 11.5. The molecular weight excluding hydrogens is 224 g/mol. The fourth-order valence-electron chi connectivity index (χ4n) is 1.28. The highest BCUT2D eigenvalue weighted by molar-refractivity contribution is 5.94. The molecule has 1 rings (SSSR count). The first-order valence-electron chi connectivity index (χ1n) is 5.24. The van der Waals surface area contributed by atoms with E-state index in [1.165, 1.54) is 17.2 Å². The first kappa shape index (κ1) is 13.2. The van der Waals surface area contributed by atoms with Crippen molar-refractivity contribution in [2.75, 3.05) is 20.1 Å². The van der Waals surface area contributed by atoms with E-state index in [-0.39, 0.29) is 24.8 Å². The SMILES string of the molecule is CC(O)CN(C)C(=O)CNC(=O)c1ccco1. The van der Waals surface area contributed by atoms with Gasteiger partial charge in [-0.1, -0.05) is 0 Å². The van der Waals surface area contributed by atoms with E-state index in [1.807, 2.05) is 0 Å². The Morgan fingerprint density at radius 3 is 2.82 bits per heavy atom. The summed E-state index contributed by atoms with van der Waals surface area (Å²) in [5, 5.41) is 11.5. The zero-order chi connectivity index (χ0) is 12.8. The molecule has 6 heteroatoms. The van der Waals surface area contributed by atoms with Gasteiger partial charge in [0.05, 0.1) is 18.9 Å². The lowest BCUT2D eigenvalue weighted by molar-refractivity contribution is -0.129. The number of rotatable bonds is 5. The molecule has 1 unspecified atom stereocenters. The lowest BCUT2D eigenvalue weighted by atomic mass is 10.3. The number of aliphatic hydroxyl groups excluding tert-OH is 1. The molecule has 6 nitrogen and oxygen atoms in total. The van der Waals surface area contributed by atoms with Crippen LogP contribution in [0.3, 0.4) is 0 Å². The fraction of sp³-hybridized carbons (Fsp3) is 0.455. The molecule has 0 aliphatic rings. The molecule has 0 aliphatic carbocycles. The summed E-state index contributed by atoms with van der Waals surface area (Å²) < 4.78 is 4.88. The van der Waals surface area contributed by atoms with Gasteiger partial charge in [-0.05, 0) is 19.1 Å². The second-order valence-corrected chi connectivity index (χ2v) is 3.78. The number of hydrogen-bond donors (Lipinski definition) is 2. The van der Waals surface area contributed by atoms with Gasteiger partial charge in [0, 0.05) is 13.6 Å². The third-order valence-corrected chi connectivity index (χ3v) is 2.11. The largest absolute Gasteiger partial charge is 0.459 e. The molecule has 0 fully saturated rings. The molecule has 0 aliphatic heterocycles. The Morgan fingerprint density at radius 2 is 2.29 bits per heavy atom. The summed E-state index contributed by atoms with van der Waals surface area (Å²) in [4.78, 5) is 24.3. The lowest BCUT2D eigenvalue weighted by Gasteiger charge is -2.18. The van der Waals surface area contributed by atoms with Gasteiger partial charge < -0.3 is 19.7 Å². The Morgan fingerprint density at radius 1 is 1.59 bits per heavy atom. The maximum absolute atomic E-state index is 11.5. The predicted octanol–water partition coefficient (Wildman–Crippen LogP) is -0.151. The van der Waals surface area contributed by atoms with Crippen molar-refractivity contribution in [3.63, 3.8) is 0 Å². The van der Waals surface area contributed by atoms with Crippen LogP contribution in [0.5, 0.6) is 0 Å². The van der Waals surface area contributed by atoms with Crippen molar-refractivity contribution in [2.45, 2.75) is 13.0 Å². The van der Waals surface area contributed by atoms with Gasteiger partial charge in [0.15, 0.2) is 5.76 Å². The van der Waals surface area contributed by atoms with Gasteiger partial charge >= 0.3 is 0 Å². The van der Waals surface area contributed by atoms with Crippen LogP contribution in [0.4, 0.5) is 0 Å². The van der Waals surface area contributed by atoms with Crippen molar-refractivity contribution in [3.05, 3.63) is 24.2 Å². The second-order valence-electron chi connectivity index (χ2n) is 3.78. The van der Waals surface area contributed by atoms with Crippen LogP contribution in [0.1, 0.15) is 17.5 Å². The van der Waals surface area contributed by atoms with Gasteiger partial charge in [0.2, 0.25) is 5.91 Å². The average Bonchev–Trinajstić information content (AvgIpc) is 2.77. The molecule has 1 aromatic rings. The van der Waals surface area contributed by atoms with Crippen LogP contribution in [0.25, 0.3) is 0 Å². The number of nitrogens with zero attached hydrogens (tertiary/aromatic N) is 1. The van der Waals surface area contributed by atoms with E-state index in [2.05, 4.69) is 5.32 Å². The molecule has 0 spiro atoms. The molecule has 2 amide bonds. The zero-order valence-electron chi connectivity index (χ0n) is 9.84. The van der Waals surface area contributed by atoms with Gasteiger partial charge in [-0.2, -0.15) is 0 Å². The summed E-state index contributed by atoms with van der Waals surface area (Å²) in [5.41, 5.74) is 0. The lowest BCUT2D eigenvalue weighted by Crippen LogP contribution is -2.40. The summed E-state index contributed by atoms with van der Waals surface area (Å²) in [7, 11) is 1.56. The topological polar surface area (TPSA) is 82.8 Å². The third-order valence-electron chi connectivity index (χ3n) is 2.11. The molecule has 1 atom stereocenters. The minimum atomic E-state index is -0.593. The predicted molar refractivity (Wildman–Crippen MR) is 60.4 cm³/mol. The minimum Gasteiger partial charge on any atom is -0.459 e. The summed E-state index contributed by atoms with van der Waals surface area (Å²) in [5.74, 6) is -0.546. The van der Waals surface area contributed by atoms with Gasteiger partial charge in [-0.25, -0.2) is 0 Å². The summed E-state index contributed by atoms with van der Waals surface area (Å²) in [6, 6.07) is 3.11. The zero-order valence-corrected chi connectivity index (χ0v) is 9.84. The van der Waals surface area contributed by atoms with Crippen LogP contribution < -0.4 is 5.32 Å². The number of furan rings is 1. The number of likely N-dealkylation sites (N-methyl/N-ethyl adjacent to an activating group) is 1. The van der Waals surface area contributed by atoms with Gasteiger partial charge in [0.1, 0.15) is 0 Å². The van der Waals surface area contributed by atoms with Crippen molar-refractivity contribution in [1.82, 2.24) is 10.2 Å². The molecule has 1 aromatic heterocycles. The van der Waals surface area contributed by atoms with Crippen molar-refractivity contribution in [2.24, 2.45) is 0 Å². The van der Waals surface area contributed by atoms with E-state index < -0.39 is 12.0 Å². The first-order valence-corrected chi connectivity index (χ1v) is 5.24. The van der Waals surface area contributed by atoms with Gasteiger partial charge in [0.25, 0.3) is 5.91 Å². The van der Waals surface area contributed by atoms with E-state index in [0.29, 0.717) is 0 Å². The first-order chi connectivity index (χ1) is 8.00. The van der Waals surface area contributed by atoms with Gasteiger partial charge in [-0.3, -0.25) is 9.59 Å². The van der Waals surface area contributed by atoms with Crippen molar-refractivity contribution < 1.29 is 19.1 Å². The van der Waals surface area contributed by atoms with E-state index in [1.54, 1.807) is 20.0 Å². The van der Waals surface area contributed by atoms with Crippen LogP contribution in [-0.4, -0.2) is 48.1 Å². The minimum absolute atomic E-state index is 0.122. The second kappa shape index (κ2) is 6.05. The van der Waals surface area contributed by atoms with Gasteiger partial charge in [-0.15, -0.1) is 0 Å². The number of amides is 2. The molecule has 0 radical (unpaired) electrons. The normalized spacial score (nSPS) is 11.9. The third kappa shape index (κ3) is 4.28. The quantitative estimate of drug-likeness (QED) is 0.749.